The first-order valence-electron chi connectivity index (χ1n) is 6.14. The average molecular weight is 271 g/mol. The molecule has 0 radical (unpaired) electrons. The van der Waals surface area contributed by atoms with Gasteiger partial charge in [-0.05, 0) is 32.7 Å². The van der Waals surface area contributed by atoms with E-state index >= 15 is 0 Å². The summed E-state index contributed by atoms with van der Waals surface area (Å²) < 4.78 is 11.2. The highest BCUT2D eigenvalue weighted by Crippen LogP contribution is 2.33. The quantitative estimate of drug-likeness (QED) is 0.330. The maximum absolute atomic E-state index is 10.1. The van der Waals surface area contributed by atoms with Gasteiger partial charge in [0.25, 0.3) is 0 Å². The maximum Gasteiger partial charge on any atom is 0.164 e. The fourth-order valence-corrected chi connectivity index (χ4v) is 2.11. The monoisotopic (exact) mass is 271 g/mol. The average Bonchev–Trinajstić information content (AvgIpc) is 2.61. The predicted molar refractivity (Wildman–Crippen MR) is 69.3 cm³/mol. The van der Waals surface area contributed by atoms with Gasteiger partial charge in [0.05, 0.1) is 18.8 Å². The summed E-state index contributed by atoms with van der Waals surface area (Å²) >= 11 is 0. The smallest absolute Gasteiger partial charge is 0.164 e. The number of hydrogen-bond donors (Lipinski definition) is 2. The SMILES string of the molecule is C=C(C)C[C@@H](O)[C@H]1OC(C)(C)O[C@@H]1[C@H](O)CN=[N+]=[N-]. The second-order valence-corrected chi connectivity index (χ2v) is 5.27. The molecule has 108 valence electrons. The Labute approximate surface area is 112 Å². The Kier molecular flexibility index (Phi) is 5.34. The summed E-state index contributed by atoms with van der Waals surface area (Å²) in [5, 5.41) is 23.4. The van der Waals surface area contributed by atoms with Crippen LogP contribution in [-0.2, 0) is 9.47 Å². The minimum atomic E-state index is -1.03. The zero-order chi connectivity index (χ0) is 14.6. The van der Waals surface area contributed by atoms with E-state index in [9.17, 15) is 10.2 Å². The maximum atomic E-state index is 10.1. The van der Waals surface area contributed by atoms with Gasteiger partial charge in [0.1, 0.15) is 12.2 Å². The molecule has 1 aliphatic heterocycles. The Morgan fingerprint density at radius 3 is 2.37 bits per heavy atom. The van der Waals surface area contributed by atoms with Crippen molar-refractivity contribution in [3.63, 3.8) is 0 Å². The largest absolute Gasteiger partial charge is 0.390 e. The first-order valence-corrected chi connectivity index (χ1v) is 6.14. The lowest BCUT2D eigenvalue weighted by atomic mass is 9.99. The van der Waals surface area contributed by atoms with Crippen LogP contribution in [0, 0.1) is 0 Å². The molecule has 7 heteroatoms. The van der Waals surface area contributed by atoms with Gasteiger partial charge in [0.2, 0.25) is 0 Å². The molecule has 0 aromatic carbocycles. The Morgan fingerprint density at radius 1 is 1.37 bits per heavy atom. The second kappa shape index (κ2) is 6.36. The molecular formula is C12H21N3O4. The topological polar surface area (TPSA) is 108 Å². The summed E-state index contributed by atoms with van der Waals surface area (Å²) in [7, 11) is 0. The van der Waals surface area contributed by atoms with Crippen LogP contribution in [0.15, 0.2) is 17.3 Å². The van der Waals surface area contributed by atoms with E-state index in [1.807, 2.05) is 0 Å². The molecule has 0 aromatic heterocycles. The van der Waals surface area contributed by atoms with Gasteiger partial charge in [0.15, 0.2) is 5.79 Å². The minimum absolute atomic E-state index is 0.128. The third-order valence-electron chi connectivity index (χ3n) is 2.81. The summed E-state index contributed by atoms with van der Waals surface area (Å²) in [6, 6.07) is 0. The number of azide groups is 1. The van der Waals surface area contributed by atoms with E-state index in [4.69, 9.17) is 15.0 Å². The zero-order valence-electron chi connectivity index (χ0n) is 11.5. The van der Waals surface area contributed by atoms with E-state index in [1.54, 1.807) is 20.8 Å². The molecule has 0 unspecified atom stereocenters. The van der Waals surface area contributed by atoms with E-state index < -0.39 is 30.2 Å². The Hall–Kier alpha value is -1.11. The summed E-state index contributed by atoms with van der Waals surface area (Å²) in [4.78, 5) is 2.59. The lowest BCUT2D eigenvalue weighted by Crippen LogP contribution is -2.43. The van der Waals surface area contributed by atoms with Gasteiger partial charge in [-0.25, -0.2) is 0 Å². The summed E-state index contributed by atoms with van der Waals surface area (Å²) in [5.74, 6) is -0.900. The molecule has 4 atom stereocenters. The predicted octanol–water partition coefficient (Wildman–Crippen LogP) is 1.50. The summed E-state index contributed by atoms with van der Waals surface area (Å²) in [6.45, 7) is 8.81. The van der Waals surface area contributed by atoms with Gasteiger partial charge >= 0.3 is 0 Å². The summed E-state index contributed by atoms with van der Waals surface area (Å²) in [6.07, 6.45) is -2.92. The number of aliphatic hydroxyl groups is 2. The van der Waals surface area contributed by atoms with E-state index in [-0.39, 0.29) is 6.54 Å². The highest BCUT2D eigenvalue weighted by atomic mass is 16.8. The molecule has 19 heavy (non-hydrogen) atoms. The van der Waals surface area contributed by atoms with Gasteiger partial charge in [-0.2, -0.15) is 0 Å². The third kappa shape index (κ3) is 4.49. The van der Waals surface area contributed by atoms with Gasteiger partial charge in [-0.1, -0.05) is 10.7 Å². The van der Waals surface area contributed by atoms with Crippen LogP contribution in [0.4, 0.5) is 0 Å². The van der Waals surface area contributed by atoms with Crippen molar-refractivity contribution in [1.82, 2.24) is 0 Å². The minimum Gasteiger partial charge on any atom is -0.390 e. The van der Waals surface area contributed by atoms with Gasteiger partial charge in [0, 0.05) is 4.91 Å². The summed E-state index contributed by atoms with van der Waals surface area (Å²) in [5.41, 5.74) is 9.08. The van der Waals surface area contributed by atoms with Crippen LogP contribution in [0.5, 0.6) is 0 Å². The van der Waals surface area contributed by atoms with Gasteiger partial charge in [-0.15, -0.1) is 6.58 Å². The second-order valence-electron chi connectivity index (χ2n) is 5.27. The molecule has 0 aliphatic carbocycles. The van der Waals surface area contributed by atoms with Crippen molar-refractivity contribution in [3.05, 3.63) is 22.6 Å². The van der Waals surface area contributed by atoms with Crippen molar-refractivity contribution >= 4 is 0 Å². The Bertz CT molecular complexity index is 359. The molecule has 7 nitrogen and oxygen atoms in total. The molecule has 1 fully saturated rings. The van der Waals surface area contributed by atoms with E-state index in [0.717, 1.165) is 5.57 Å². The third-order valence-corrected chi connectivity index (χ3v) is 2.81. The lowest BCUT2D eigenvalue weighted by molar-refractivity contribution is -0.160. The zero-order valence-corrected chi connectivity index (χ0v) is 11.5. The molecule has 1 rings (SSSR count). The fraction of sp³-hybridized carbons (Fsp3) is 0.833. The van der Waals surface area contributed by atoms with E-state index in [1.165, 1.54) is 0 Å². The first-order chi connectivity index (χ1) is 8.76. The number of hydrogen-bond acceptors (Lipinski definition) is 5. The van der Waals surface area contributed by atoms with Crippen LogP contribution in [0.2, 0.25) is 0 Å². The molecule has 1 aliphatic rings. The van der Waals surface area contributed by atoms with Gasteiger partial charge in [-0.3, -0.25) is 0 Å². The number of ether oxygens (including phenoxy) is 2. The fourth-order valence-electron chi connectivity index (χ4n) is 2.11. The van der Waals surface area contributed by atoms with Crippen LogP contribution in [0.25, 0.3) is 10.4 Å². The van der Waals surface area contributed by atoms with Crippen LogP contribution in [0.3, 0.4) is 0 Å². The molecule has 1 saturated heterocycles. The highest BCUT2D eigenvalue weighted by Gasteiger charge is 2.47. The standard InChI is InChI=1S/C12H21N3O4/c1-7(2)5-8(16)10-11(9(17)6-14-15-13)19-12(3,4)18-10/h8-11,16-17H,1,5-6H2,2-4H3/t8-,9-,10-,11-/m1/s1. The molecular weight excluding hydrogens is 250 g/mol. The van der Waals surface area contributed by atoms with Crippen LogP contribution in [-0.4, -0.2) is 47.0 Å². The molecule has 2 N–H and O–H groups in total. The van der Waals surface area contributed by atoms with Crippen LogP contribution in [0.1, 0.15) is 27.2 Å². The Morgan fingerprint density at radius 2 is 1.89 bits per heavy atom. The van der Waals surface area contributed by atoms with Crippen molar-refractivity contribution < 1.29 is 19.7 Å². The van der Waals surface area contributed by atoms with Crippen molar-refractivity contribution in [3.8, 4) is 0 Å². The van der Waals surface area contributed by atoms with Crippen molar-refractivity contribution in [2.45, 2.75) is 57.4 Å². The van der Waals surface area contributed by atoms with Crippen molar-refractivity contribution in [2.24, 2.45) is 5.11 Å². The molecule has 0 aromatic rings. The first kappa shape index (κ1) is 15.9. The van der Waals surface area contributed by atoms with Crippen molar-refractivity contribution in [1.29, 1.82) is 0 Å². The number of aliphatic hydroxyl groups excluding tert-OH is 2. The number of nitrogens with zero attached hydrogens (tertiary/aromatic N) is 3. The molecule has 0 saturated carbocycles. The van der Waals surface area contributed by atoms with Crippen LogP contribution >= 0.6 is 0 Å². The highest BCUT2D eigenvalue weighted by molar-refractivity contribution is 4.98. The molecule has 1 heterocycles. The molecule has 0 amide bonds. The van der Waals surface area contributed by atoms with E-state index in [0.29, 0.717) is 6.42 Å². The number of rotatable bonds is 6. The van der Waals surface area contributed by atoms with E-state index in [2.05, 4.69) is 16.6 Å². The van der Waals surface area contributed by atoms with Crippen LogP contribution < -0.4 is 0 Å². The van der Waals surface area contributed by atoms with Crippen molar-refractivity contribution in [2.75, 3.05) is 6.54 Å². The Balaban J connectivity index is 2.79. The van der Waals surface area contributed by atoms with Gasteiger partial charge < -0.3 is 19.7 Å². The lowest BCUT2D eigenvalue weighted by Gasteiger charge is -2.25. The normalized spacial score (nSPS) is 28.5. The molecule has 0 bridgehead atoms. The molecule has 0 spiro atoms.